The fourth-order valence-corrected chi connectivity index (χ4v) is 2.67. The number of aromatic nitrogens is 1. The lowest BCUT2D eigenvalue weighted by molar-refractivity contribution is -0.0662. The van der Waals surface area contributed by atoms with Crippen molar-refractivity contribution in [2.24, 2.45) is 7.05 Å². The minimum atomic E-state index is -0.210. The molecule has 2 rings (SSSR count). The molecule has 1 N–H and O–H groups in total. The maximum Gasteiger partial charge on any atom is 0.250 e. The number of nitrogens with one attached hydrogen (secondary N) is 1. The number of ether oxygens (including phenoxy) is 1. The summed E-state index contributed by atoms with van der Waals surface area (Å²) in [5.74, 6) is 0. The second-order valence-electron chi connectivity index (χ2n) is 6.23. The van der Waals surface area contributed by atoms with Crippen LogP contribution in [-0.2, 0) is 11.8 Å². The van der Waals surface area contributed by atoms with Crippen molar-refractivity contribution in [2.75, 3.05) is 5.32 Å². The molecule has 1 aliphatic heterocycles. The highest BCUT2D eigenvalue weighted by Gasteiger charge is 2.45. The molecule has 1 aliphatic rings. The molecule has 1 unspecified atom stereocenters. The molecule has 0 saturated carbocycles. The Hall–Kier alpha value is -1.29. The molecule has 1 saturated heterocycles. The number of hydrogen-bond donors (Lipinski definition) is 1. The Morgan fingerprint density at radius 1 is 1.33 bits per heavy atom. The summed E-state index contributed by atoms with van der Waals surface area (Å²) in [5, 5.41) is 3.47. The molecule has 0 amide bonds. The van der Waals surface area contributed by atoms with E-state index < -0.39 is 0 Å². The van der Waals surface area contributed by atoms with Gasteiger partial charge in [-0.05, 0) is 40.2 Å². The zero-order valence-electron chi connectivity index (χ0n) is 11.8. The Morgan fingerprint density at radius 3 is 2.50 bits per heavy atom. The maximum absolute atomic E-state index is 11.3. The van der Waals surface area contributed by atoms with Gasteiger partial charge in [-0.1, -0.05) is 0 Å². The van der Waals surface area contributed by atoms with Crippen LogP contribution in [0, 0.1) is 0 Å². The van der Waals surface area contributed by atoms with E-state index in [4.69, 9.17) is 4.74 Å². The first-order valence-corrected chi connectivity index (χ1v) is 6.33. The van der Waals surface area contributed by atoms with Crippen molar-refractivity contribution in [3.63, 3.8) is 0 Å². The summed E-state index contributed by atoms with van der Waals surface area (Å²) in [4.78, 5) is 11.3. The van der Waals surface area contributed by atoms with Crippen LogP contribution in [0.25, 0.3) is 0 Å². The molecule has 0 aromatic carbocycles. The zero-order chi connectivity index (χ0) is 13.6. The van der Waals surface area contributed by atoms with Crippen LogP contribution in [0.5, 0.6) is 0 Å². The number of anilines is 1. The molecule has 1 atom stereocenters. The van der Waals surface area contributed by atoms with Crippen LogP contribution in [0.1, 0.15) is 34.1 Å². The Kier molecular flexibility index (Phi) is 3.01. The predicted octanol–water partition coefficient (Wildman–Crippen LogP) is 2.14. The summed E-state index contributed by atoms with van der Waals surface area (Å²) in [6, 6.07) is 3.64. The molecule has 1 aromatic rings. The molecular weight excluding hydrogens is 228 g/mol. The first kappa shape index (κ1) is 13.1. The molecule has 2 heterocycles. The van der Waals surface area contributed by atoms with Crippen molar-refractivity contribution in [1.82, 2.24) is 4.57 Å². The van der Waals surface area contributed by atoms with Gasteiger partial charge in [0.1, 0.15) is 0 Å². The largest absolute Gasteiger partial charge is 0.378 e. The average molecular weight is 250 g/mol. The van der Waals surface area contributed by atoms with Gasteiger partial charge in [0.15, 0.2) is 0 Å². The lowest BCUT2D eigenvalue weighted by atomic mass is 9.94. The Morgan fingerprint density at radius 2 is 2.00 bits per heavy atom. The molecule has 4 heteroatoms. The van der Waals surface area contributed by atoms with Crippen LogP contribution in [0.15, 0.2) is 23.1 Å². The lowest BCUT2D eigenvalue weighted by Crippen LogP contribution is -2.38. The van der Waals surface area contributed by atoms with Gasteiger partial charge in [-0.25, -0.2) is 0 Å². The van der Waals surface area contributed by atoms with Gasteiger partial charge in [-0.2, -0.15) is 0 Å². The number of pyridine rings is 1. The van der Waals surface area contributed by atoms with Crippen LogP contribution in [0.4, 0.5) is 5.69 Å². The molecule has 1 fully saturated rings. The van der Waals surface area contributed by atoms with E-state index in [2.05, 4.69) is 33.0 Å². The summed E-state index contributed by atoms with van der Waals surface area (Å²) in [6.45, 7) is 8.41. The highest BCUT2D eigenvalue weighted by atomic mass is 16.5. The van der Waals surface area contributed by atoms with E-state index in [0.717, 1.165) is 12.1 Å². The summed E-state index contributed by atoms with van der Waals surface area (Å²) < 4.78 is 7.62. The van der Waals surface area contributed by atoms with Gasteiger partial charge >= 0.3 is 0 Å². The SMILES string of the molecule is Cn1cc(NC2CC(C)(C)OC2(C)C)ccc1=O. The van der Waals surface area contributed by atoms with E-state index >= 15 is 0 Å². The summed E-state index contributed by atoms with van der Waals surface area (Å²) in [6.07, 6.45) is 2.77. The van der Waals surface area contributed by atoms with Gasteiger partial charge in [-0.3, -0.25) is 4.79 Å². The molecule has 0 bridgehead atoms. The van der Waals surface area contributed by atoms with Crippen molar-refractivity contribution in [3.05, 3.63) is 28.7 Å². The Labute approximate surface area is 108 Å². The maximum atomic E-state index is 11.3. The average Bonchev–Trinajstić information content (AvgIpc) is 2.40. The molecule has 0 radical (unpaired) electrons. The lowest BCUT2D eigenvalue weighted by Gasteiger charge is -2.28. The third kappa shape index (κ3) is 2.58. The van der Waals surface area contributed by atoms with E-state index in [-0.39, 0.29) is 22.8 Å². The van der Waals surface area contributed by atoms with E-state index in [1.54, 1.807) is 17.7 Å². The van der Waals surface area contributed by atoms with E-state index in [9.17, 15) is 4.79 Å². The zero-order valence-corrected chi connectivity index (χ0v) is 11.8. The van der Waals surface area contributed by atoms with E-state index in [1.165, 1.54) is 0 Å². The van der Waals surface area contributed by atoms with Gasteiger partial charge in [0.2, 0.25) is 5.56 Å². The third-order valence-electron chi connectivity index (χ3n) is 3.50. The van der Waals surface area contributed by atoms with Crippen molar-refractivity contribution in [1.29, 1.82) is 0 Å². The standard InChI is InChI=1S/C14H22N2O2/c1-13(2)8-11(14(3,4)18-13)15-10-6-7-12(17)16(5)9-10/h6-7,9,11,15H,8H2,1-5H3. The number of aryl methyl sites for hydroxylation is 1. The molecular formula is C14H22N2O2. The van der Waals surface area contributed by atoms with Gasteiger partial charge in [-0.15, -0.1) is 0 Å². The first-order chi connectivity index (χ1) is 8.20. The van der Waals surface area contributed by atoms with Crippen molar-refractivity contribution < 1.29 is 4.74 Å². The minimum Gasteiger partial charge on any atom is -0.378 e. The smallest absolute Gasteiger partial charge is 0.250 e. The molecule has 0 spiro atoms. The fraction of sp³-hybridized carbons (Fsp3) is 0.643. The van der Waals surface area contributed by atoms with E-state index in [1.807, 2.05) is 12.3 Å². The number of rotatable bonds is 2. The molecule has 100 valence electrons. The normalized spacial score (nSPS) is 25.1. The van der Waals surface area contributed by atoms with Crippen LogP contribution in [0.2, 0.25) is 0 Å². The molecule has 18 heavy (non-hydrogen) atoms. The highest BCUT2D eigenvalue weighted by Crippen LogP contribution is 2.38. The summed E-state index contributed by atoms with van der Waals surface area (Å²) in [5.41, 5.74) is 0.638. The quantitative estimate of drug-likeness (QED) is 0.874. The van der Waals surface area contributed by atoms with Gasteiger partial charge in [0.25, 0.3) is 0 Å². The Balaban J connectivity index is 2.19. The van der Waals surface area contributed by atoms with Gasteiger partial charge in [0, 0.05) is 19.3 Å². The van der Waals surface area contributed by atoms with Crippen molar-refractivity contribution in [3.8, 4) is 0 Å². The van der Waals surface area contributed by atoms with Crippen LogP contribution < -0.4 is 10.9 Å². The molecule has 1 aromatic heterocycles. The monoisotopic (exact) mass is 250 g/mol. The predicted molar refractivity (Wildman–Crippen MR) is 73.0 cm³/mol. The molecule has 4 nitrogen and oxygen atoms in total. The van der Waals surface area contributed by atoms with E-state index in [0.29, 0.717) is 0 Å². The fourth-order valence-electron chi connectivity index (χ4n) is 2.67. The number of hydrogen-bond acceptors (Lipinski definition) is 3. The molecule has 0 aliphatic carbocycles. The van der Waals surface area contributed by atoms with Crippen LogP contribution >= 0.6 is 0 Å². The second-order valence-corrected chi connectivity index (χ2v) is 6.23. The van der Waals surface area contributed by atoms with Crippen molar-refractivity contribution >= 4 is 5.69 Å². The highest BCUT2D eigenvalue weighted by molar-refractivity contribution is 5.42. The third-order valence-corrected chi connectivity index (χ3v) is 3.50. The summed E-state index contributed by atoms with van der Waals surface area (Å²) >= 11 is 0. The Bertz CT molecular complexity index is 503. The second kappa shape index (κ2) is 4.12. The van der Waals surface area contributed by atoms with Gasteiger partial charge < -0.3 is 14.6 Å². The van der Waals surface area contributed by atoms with Gasteiger partial charge in [0.05, 0.1) is 22.9 Å². The van der Waals surface area contributed by atoms with Crippen LogP contribution in [-0.4, -0.2) is 21.8 Å². The summed E-state index contributed by atoms with van der Waals surface area (Å²) in [7, 11) is 1.76. The minimum absolute atomic E-state index is 0.00260. The number of nitrogens with zero attached hydrogens (tertiary/aromatic N) is 1. The first-order valence-electron chi connectivity index (χ1n) is 6.33. The van der Waals surface area contributed by atoms with Crippen molar-refractivity contribution in [2.45, 2.75) is 51.4 Å². The van der Waals surface area contributed by atoms with Crippen LogP contribution in [0.3, 0.4) is 0 Å². The topological polar surface area (TPSA) is 43.3 Å².